The average Bonchev–Trinajstić information content (AvgIpc) is 2.98. The van der Waals surface area contributed by atoms with Crippen molar-refractivity contribution in [2.45, 2.75) is 45.7 Å². The second-order valence-electron chi connectivity index (χ2n) is 9.45. The number of carbonyl (C=O) groups is 5. The fourth-order valence-corrected chi connectivity index (χ4v) is 4.73. The van der Waals surface area contributed by atoms with Gasteiger partial charge >= 0.3 is 6.09 Å². The van der Waals surface area contributed by atoms with E-state index in [4.69, 9.17) is 0 Å². The quantitative estimate of drug-likeness (QED) is 0.661. The first-order valence-corrected chi connectivity index (χ1v) is 10.6. The van der Waals surface area contributed by atoms with E-state index >= 15 is 0 Å². The number of carbonyl (C=O) groups excluding carboxylic acids is 4. The van der Waals surface area contributed by atoms with Crippen LogP contribution in [0.15, 0.2) is 18.2 Å². The number of rotatable bonds is 2. The molecule has 3 aliphatic heterocycles. The summed E-state index contributed by atoms with van der Waals surface area (Å²) in [6, 6.07) is 3.64. The van der Waals surface area contributed by atoms with Crippen LogP contribution < -0.4 is 10.2 Å². The molecule has 2 saturated heterocycles. The molecule has 3 heterocycles. The highest BCUT2D eigenvalue weighted by Crippen LogP contribution is 2.37. The highest BCUT2D eigenvalue weighted by atomic mass is 16.4. The Balaban J connectivity index is 1.67. The van der Waals surface area contributed by atoms with Crippen molar-refractivity contribution in [3.05, 3.63) is 29.3 Å². The van der Waals surface area contributed by atoms with E-state index in [1.807, 2.05) is 25.7 Å². The zero-order chi connectivity index (χ0) is 23.4. The Bertz CT molecular complexity index is 1030. The number of amides is 5. The Morgan fingerprint density at radius 3 is 2.44 bits per heavy atom. The lowest BCUT2D eigenvalue weighted by Crippen LogP contribution is -2.59. The minimum Gasteiger partial charge on any atom is -0.465 e. The van der Waals surface area contributed by atoms with Gasteiger partial charge in [0.15, 0.2) is 0 Å². The van der Waals surface area contributed by atoms with E-state index in [-0.39, 0.29) is 42.0 Å². The molecular weight excluding hydrogens is 416 g/mol. The molecule has 0 aliphatic carbocycles. The summed E-state index contributed by atoms with van der Waals surface area (Å²) in [7, 11) is 0. The van der Waals surface area contributed by atoms with E-state index in [1.54, 1.807) is 18.2 Å². The maximum atomic E-state index is 13.4. The Morgan fingerprint density at radius 2 is 1.81 bits per heavy atom. The molecule has 170 valence electrons. The summed E-state index contributed by atoms with van der Waals surface area (Å²) in [6.07, 6.45) is -0.839. The second-order valence-corrected chi connectivity index (χ2v) is 9.45. The fraction of sp³-hybridized carbons (Fsp3) is 0.500. The molecule has 0 spiro atoms. The van der Waals surface area contributed by atoms with Gasteiger partial charge in [-0.3, -0.25) is 29.4 Å². The topological polar surface area (TPSA) is 127 Å². The van der Waals surface area contributed by atoms with E-state index < -0.39 is 35.8 Å². The van der Waals surface area contributed by atoms with Crippen LogP contribution in [0.3, 0.4) is 0 Å². The van der Waals surface area contributed by atoms with Crippen LogP contribution in [-0.4, -0.2) is 76.3 Å². The Morgan fingerprint density at radius 1 is 1.09 bits per heavy atom. The van der Waals surface area contributed by atoms with Crippen molar-refractivity contribution in [2.75, 3.05) is 24.5 Å². The van der Waals surface area contributed by atoms with Crippen LogP contribution in [0.2, 0.25) is 0 Å². The van der Waals surface area contributed by atoms with Crippen LogP contribution in [0.5, 0.6) is 0 Å². The smallest absolute Gasteiger partial charge is 0.407 e. The number of anilines is 1. The number of hydrogen-bond donors (Lipinski definition) is 2. The molecule has 10 heteroatoms. The van der Waals surface area contributed by atoms with Crippen LogP contribution in [-0.2, 0) is 9.59 Å². The summed E-state index contributed by atoms with van der Waals surface area (Å²) < 4.78 is 0. The molecule has 0 aromatic heterocycles. The molecule has 4 rings (SSSR count). The minimum absolute atomic E-state index is 0.0566. The first-order chi connectivity index (χ1) is 15.0. The van der Waals surface area contributed by atoms with E-state index in [1.165, 1.54) is 4.90 Å². The van der Waals surface area contributed by atoms with Crippen molar-refractivity contribution in [2.24, 2.45) is 5.41 Å². The monoisotopic (exact) mass is 442 g/mol. The second kappa shape index (κ2) is 7.61. The van der Waals surface area contributed by atoms with Gasteiger partial charge in [0.2, 0.25) is 11.8 Å². The largest absolute Gasteiger partial charge is 0.465 e. The van der Waals surface area contributed by atoms with Gasteiger partial charge < -0.3 is 14.9 Å². The van der Waals surface area contributed by atoms with Gasteiger partial charge in [-0.2, -0.15) is 0 Å². The molecule has 10 nitrogen and oxygen atoms in total. The molecule has 3 aliphatic rings. The molecule has 2 atom stereocenters. The van der Waals surface area contributed by atoms with Gasteiger partial charge in [0.1, 0.15) is 6.04 Å². The van der Waals surface area contributed by atoms with Crippen molar-refractivity contribution >= 4 is 35.4 Å². The number of hydrogen-bond acceptors (Lipinski definition) is 6. The first-order valence-electron chi connectivity index (χ1n) is 10.6. The predicted molar refractivity (Wildman–Crippen MR) is 113 cm³/mol. The summed E-state index contributed by atoms with van der Waals surface area (Å²) in [6.45, 7) is 6.89. The van der Waals surface area contributed by atoms with E-state index in [0.717, 1.165) is 4.90 Å². The summed E-state index contributed by atoms with van der Waals surface area (Å²) in [5, 5.41) is 11.8. The van der Waals surface area contributed by atoms with Gasteiger partial charge in [-0.05, 0) is 24.0 Å². The van der Waals surface area contributed by atoms with Crippen molar-refractivity contribution < 1.29 is 29.1 Å². The number of nitrogens with zero attached hydrogens (tertiary/aromatic N) is 3. The van der Waals surface area contributed by atoms with Gasteiger partial charge in [0.25, 0.3) is 11.8 Å². The van der Waals surface area contributed by atoms with Crippen LogP contribution in [0.25, 0.3) is 0 Å². The van der Waals surface area contributed by atoms with Crippen LogP contribution in [0.4, 0.5) is 10.5 Å². The lowest BCUT2D eigenvalue weighted by molar-refractivity contribution is -0.136. The predicted octanol–water partition coefficient (Wildman–Crippen LogP) is 1.30. The number of benzene rings is 1. The zero-order valence-electron chi connectivity index (χ0n) is 18.3. The molecule has 1 aromatic rings. The molecule has 5 amide bonds. The Labute approximate surface area is 185 Å². The normalized spacial score (nSPS) is 24.0. The molecule has 0 saturated carbocycles. The van der Waals surface area contributed by atoms with Gasteiger partial charge in [0.05, 0.1) is 22.9 Å². The van der Waals surface area contributed by atoms with Crippen molar-refractivity contribution in [3.8, 4) is 0 Å². The van der Waals surface area contributed by atoms with Crippen molar-refractivity contribution in [1.29, 1.82) is 0 Å². The maximum absolute atomic E-state index is 13.4. The summed E-state index contributed by atoms with van der Waals surface area (Å²) in [5.41, 5.74) is 0.645. The lowest BCUT2D eigenvalue weighted by atomic mass is 9.84. The Kier molecular flexibility index (Phi) is 5.18. The lowest BCUT2D eigenvalue weighted by Gasteiger charge is -2.47. The van der Waals surface area contributed by atoms with E-state index in [0.29, 0.717) is 18.8 Å². The number of imide groups is 2. The first kappa shape index (κ1) is 21.8. The third-order valence-corrected chi connectivity index (χ3v) is 6.41. The van der Waals surface area contributed by atoms with Gasteiger partial charge in [-0.1, -0.05) is 26.8 Å². The molecule has 2 N–H and O–H groups in total. The van der Waals surface area contributed by atoms with Crippen molar-refractivity contribution in [1.82, 2.24) is 15.1 Å². The average molecular weight is 442 g/mol. The molecule has 0 bridgehead atoms. The third kappa shape index (κ3) is 3.49. The van der Waals surface area contributed by atoms with Crippen LogP contribution in [0.1, 0.15) is 54.3 Å². The molecule has 2 unspecified atom stereocenters. The number of carboxylic acid groups (broad SMARTS) is 1. The summed E-state index contributed by atoms with van der Waals surface area (Å²) >= 11 is 0. The van der Waals surface area contributed by atoms with Gasteiger partial charge in [-0.25, -0.2) is 4.79 Å². The number of nitrogens with one attached hydrogen (secondary N) is 1. The van der Waals surface area contributed by atoms with Gasteiger partial charge in [0, 0.05) is 26.1 Å². The summed E-state index contributed by atoms with van der Waals surface area (Å²) in [5.74, 6) is -2.20. The molecule has 2 fully saturated rings. The van der Waals surface area contributed by atoms with Crippen molar-refractivity contribution in [3.63, 3.8) is 0 Å². The molecule has 1 aromatic carbocycles. The number of fused-ring (bicyclic) bond motifs is 1. The molecular formula is C22H26N4O6. The highest BCUT2D eigenvalue weighted by Gasteiger charge is 2.47. The number of piperidine rings is 1. The zero-order valence-corrected chi connectivity index (χ0v) is 18.3. The van der Waals surface area contributed by atoms with E-state index in [2.05, 4.69) is 5.32 Å². The third-order valence-electron chi connectivity index (χ3n) is 6.41. The standard InChI is InChI=1S/C22H26N4O6/c1-22(2,3)15-11-24(9-10-25(15)21(31)32)13-6-4-5-12-17(13)20(30)26(19(12)29)14-7-8-16(27)23-18(14)28/h4-6,14-15H,7-11H2,1-3H3,(H,31,32)(H,23,27,28). The van der Waals surface area contributed by atoms with E-state index in [9.17, 15) is 29.1 Å². The fourth-order valence-electron chi connectivity index (χ4n) is 4.73. The number of piperazine rings is 1. The maximum Gasteiger partial charge on any atom is 0.407 e. The Hall–Kier alpha value is -3.43. The summed E-state index contributed by atoms with van der Waals surface area (Å²) in [4.78, 5) is 66.3. The molecule has 0 radical (unpaired) electrons. The van der Waals surface area contributed by atoms with Crippen LogP contribution >= 0.6 is 0 Å². The minimum atomic E-state index is -1.03. The highest BCUT2D eigenvalue weighted by molar-refractivity contribution is 6.25. The SMILES string of the molecule is CC(C)(C)C1CN(c2cccc3c2C(=O)N(C2CCC(=O)NC2=O)C3=O)CCN1C(=O)O. The van der Waals surface area contributed by atoms with Gasteiger partial charge in [-0.15, -0.1) is 0 Å². The van der Waals surface area contributed by atoms with Crippen LogP contribution in [0, 0.1) is 5.41 Å². The molecule has 32 heavy (non-hydrogen) atoms.